The van der Waals surface area contributed by atoms with Gasteiger partial charge in [-0.15, -0.1) is 0 Å². The molecule has 0 fully saturated rings. The normalized spacial score (nSPS) is 12.3. The van der Waals surface area contributed by atoms with E-state index in [1.165, 1.54) is 13.3 Å². The Morgan fingerprint density at radius 3 is 3.05 bits per heavy atom. The molecule has 2 rings (SSSR count). The second kappa shape index (κ2) is 5.70. The Morgan fingerprint density at radius 1 is 1.60 bits per heavy atom. The van der Waals surface area contributed by atoms with Gasteiger partial charge in [-0.25, -0.2) is 0 Å². The number of aromatic hydroxyl groups is 1. The van der Waals surface area contributed by atoms with Crippen molar-refractivity contribution >= 4 is 16.9 Å². The molecule has 7 nitrogen and oxygen atoms in total. The number of pyridine rings is 2. The zero-order chi connectivity index (χ0) is 14.7. The van der Waals surface area contributed by atoms with E-state index in [4.69, 9.17) is 4.74 Å². The number of rotatable bonds is 4. The highest BCUT2D eigenvalue weighted by molar-refractivity contribution is 6.01. The third-order valence-electron chi connectivity index (χ3n) is 2.77. The summed E-state index contributed by atoms with van der Waals surface area (Å²) in [6.45, 7) is 2.03. The van der Waals surface area contributed by atoms with Gasteiger partial charge in [-0.05, 0) is 19.1 Å². The molecule has 0 spiro atoms. The summed E-state index contributed by atoms with van der Waals surface area (Å²) in [6, 6.07) is 2.93. The summed E-state index contributed by atoms with van der Waals surface area (Å²) in [5, 5.41) is 12.6. The number of hydrogen-bond acceptors (Lipinski definition) is 5. The number of nitrogens with zero attached hydrogens (tertiary/aromatic N) is 1. The van der Waals surface area contributed by atoms with E-state index in [1.807, 2.05) is 0 Å². The van der Waals surface area contributed by atoms with Crippen LogP contribution in [0.4, 0.5) is 0 Å². The summed E-state index contributed by atoms with van der Waals surface area (Å²) in [5.74, 6) is -1.09. The number of ether oxygens (including phenoxy) is 1. The molecule has 106 valence electrons. The summed E-state index contributed by atoms with van der Waals surface area (Å²) in [6.07, 6.45) is 1.47. The van der Waals surface area contributed by atoms with Gasteiger partial charge in [0.1, 0.15) is 11.1 Å². The van der Waals surface area contributed by atoms with Crippen molar-refractivity contribution in [2.24, 2.45) is 0 Å². The lowest BCUT2D eigenvalue weighted by Crippen LogP contribution is -2.38. The summed E-state index contributed by atoms with van der Waals surface area (Å²) in [5.41, 5.74) is -0.461. The van der Waals surface area contributed by atoms with Crippen LogP contribution >= 0.6 is 0 Å². The molecule has 0 bridgehead atoms. The molecule has 0 aromatic carbocycles. The van der Waals surface area contributed by atoms with E-state index in [9.17, 15) is 14.7 Å². The number of hydrogen-bond donors (Lipinski definition) is 3. The fraction of sp³-hybridized carbons (Fsp3) is 0.308. The van der Waals surface area contributed by atoms with Crippen LogP contribution in [0.2, 0.25) is 0 Å². The molecule has 0 aliphatic carbocycles. The van der Waals surface area contributed by atoms with Gasteiger partial charge in [0.15, 0.2) is 5.75 Å². The van der Waals surface area contributed by atoms with Crippen LogP contribution in [0.3, 0.4) is 0 Å². The number of carbonyl (C=O) groups is 1. The van der Waals surface area contributed by atoms with Crippen LogP contribution in [0.15, 0.2) is 23.1 Å². The summed E-state index contributed by atoms with van der Waals surface area (Å²) in [7, 11) is 1.51. The minimum Gasteiger partial charge on any atom is -0.505 e. The fourth-order valence-corrected chi connectivity index (χ4v) is 1.90. The lowest BCUT2D eigenvalue weighted by Gasteiger charge is -2.13. The standard InChI is InChI=1S/C13H15N3O4/c1-7(6-20-2)15-12(18)9-11(17)10-8(16-13(9)19)4-3-5-14-10/h3-5,7H,6H2,1-2H3,(H,15,18)(H2,16,17,19). The van der Waals surface area contributed by atoms with Crippen molar-refractivity contribution in [3.8, 4) is 5.75 Å². The van der Waals surface area contributed by atoms with E-state index in [0.29, 0.717) is 12.1 Å². The first-order valence-electron chi connectivity index (χ1n) is 6.04. The zero-order valence-corrected chi connectivity index (χ0v) is 11.1. The predicted octanol–water partition coefficient (Wildman–Crippen LogP) is 0.393. The molecular weight excluding hydrogens is 262 g/mol. The summed E-state index contributed by atoms with van der Waals surface area (Å²) < 4.78 is 4.90. The number of aromatic amines is 1. The first-order valence-corrected chi connectivity index (χ1v) is 6.04. The highest BCUT2D eigenvalue weighted by Gasteiger charge is 2.20. The third-order valence-corrected chi connectivity index (χ3v) is 2.77. The van der Waals surface area contributed by atoms with Crippen LogP contribution in [0, 0.1) is 0 Å². The number of nitrogens with one attached hydrogen (secondary N) is 2. The quantitative estimate of drug-likeness (QED) is 0.750. The maximum Gasteiger partial charge on any atom is 0.265 e. The maximum absolute atomic E-state index is 12.0. The highest BCUT2D eigenvalue weighted by atomic mass is 16.5. The molecule has 1 amide bonds. The van der Waals surface area contributed by atoms with Crippen molar-refractivity contribution in [3.63, 3.8) is 0 Å². The van der Waals surface area contributed by atoms with Gasteiger partial charge in [-0.3, -0.25) is 14.6 Å². The number of aromatic nitrogens is 2. The van der Waals surface area contributed by atoms with Gasteiger partial charge in [0.2, 0.25) is 0 Å². The third kappa shape index (κ3) is 2.62. The van der Waals surface area contributed by atoms with E-state index in [-0.39, 0.29) is 17.1 Å². The predicted molar refractivity (Wildman–Crippen MR) is 72.8 cm³/mol. The SMILES string of the molecule is COCC(C)NC(=O)c1c(O)c2ncccc2[nH]c1=O. The van der Waals surface area contributed by atoms with Crippen LogP contribution in [-0.2, 0) is 4.74 Å². The van der Waals surface area contributed by atoms with Crippen LogP contribution in [0.1, 0.15) is 17.3 Å². The van der Waals surface area contributed by atoms with E-state index in [1.54, 1.807) is 19.1 Å². The second-order valence-corrected chi connectivity index (χ2v) is 4.41. The second-order valence-electron chi connectivity index (χ2n) is 4.41. The van der Waals surface area contributed by atoms with Crippen molar-refractivity contribution in [3.05, 3.63) is 34.2 Å². The molecule has 20 heavy (non-hydrogen) atoms. The minimum atomic E-state index is -0.666. The molecule has 0 saturated heterocycles. The molecule has 2 heterocycles. The Bertz CT molecular complexity index is 696. The molecule has 0 aliphatic heterocycles. The Labute approximate surface area is 114 Å². The van der Waals surface area contributed by atoms with E-state index < -0.39 is 17.2 Å². The largest absolute Gasteiger partial charge is 0.505 e. The van der Waals surface area contributed by atoms with Gasteiger partial charge < -0.3 is 20.1 Å². The minimum absolute atomic E-state index is 0.177. The summed E-state index contributed by atoms with van der Waals surface area (Å²) >= 11 is 0. The topological polar surface area (TPSA) is 104 Å². The van der Waals surface area contributed by atoms with Gasteiger partial charge in [0.25, 0.3) is 11.5 Å². The van der Waals surface area contributed by atoms with Crippen molar-refractivity contribution in [2.45, 2.75) is 13.0 Å². The highest BCUT2D eigenvalue weighted by Crippen LogP contribution is 2.22. The fourth-order valence-electron chi connectivity index (χ4n) is 1.90. The average molecular weight is 277 g/mol. The Balaban J connectivity index is 2.44. The van der Waals surface area contributed by atoms with Gasteiger partial charge in [0.05, 0.1) is 12.1 Å². The Morgan fingerprint density at radius 2 is 2.35 bits per heavy atom. The van der Waals surface area contributed by atoms with E-state index in [2.05, 4.69) is 15.3 Å². The number of amides is 1. The molecule has 2 aromatic rings. The number of H-pyrrole nitrogens is 1. The number of fused-ring (bicyclic) bond motifs is 1. The maximum atomic E-state index is 12.0. The first-order chi connectivity index (χ1) is 9.54. The molecule has 7 heteroatoms. The van der Waals surface area contributed by atoms with Crippen molar-refractivity contribution in [1.29, 1.82) is 0 Å². The van der Waals surface area contributed by atoms with Crippen LogP contribution in [-0.4, -0.2) is 40.7 Å². The van der Waals surface area contributed by atoms with Crippen LogP contribution in [0.25, 0.3) is 11.0 Å². The van der Waals surface area contributed by atoms with Crippen LogP contribution < -0.4 is 10.9 Å². The molecule has 0 saturated carbocycles. The molecular formula is C13H15N3O4. The van der Waals surface area contributed by atoms with Crippen molar-refractivity contribution in [2.75, 3.05) is 13.7 Å². The lowest BCUT2D eigenvalue weighted by molar-refractivity contribution is 0.0901. The average Bonchev–Trinajstić information content (AvgIpc) is 2.38. The first kappa shape index (κ1) is 14.0. The summed E-state index contributed by atoms with van der Waals surface area (Å²) in [4.78, 5) is 30.4. The molecule has 1 unspecified atom stereocenters. The molecule has 0 radical (unpaired) electrons. The number of methoxy groups -OCH3 is 1. The van der Waals surface area contributed by atoms with Crippen LogP contribution in [0.5, 0.6) is 5.75 Å². The molecule has 1 atom stereocenters. The molecule has 0 aliphatic rings. The van der Waals surface area contributed by atoms with Crippen molar-refractivity contribution < 1.29 is 14.6 Å². The van der Waals surface area contributed by atoms with E-state index >= 15 is 0 Å². The smallest absolute Gasteiger partial charge is 0.265 e. The Kier molecular flexibility index (Phi) is 3.99. The van der Waals surface area contributed by atoms with E-state index in [0.717, 1.165) is 0 Å². The Hall–Kier alpha value is -2.41. The van der Waals surface area contributed by atoms with Gasteiger partial charge in [-0.2, -0.15) is 0 Å². The van der Waals surface area contributed by atoms with Crippen molar-refractivity contribution in [1.82, 2.24) is 15.3 Å². The van der Waals surface area contributed by atoms with Gasteiger partial charge in [0, 0.05) is 19.3 Å². The van der Waals surface area contributed by atoms with Gasteiger partial charge in [-0.1, -0.05) is 0 Å². The molecule has 3 N–H and O–H groups in total. The molecule has 2 aromatic heterocycles. The lowest BCUT2D eigenvalue weighted by atomic mass is 10.2. The van der Waals surface area contributed by atoms with Gasteiger partial charge >= 0.3 is 0 Å². The zero-order valence-electron chi connectivity index (χ0n) is 11.1. The number of carbonyl (C=O) groups excluding carboxylic acids is 1. The monoisotopic (exact) mass is 277 g/mol.